The highest BCUT2D eigenvalue weighted by atomic mass is 19.1. The van der Waals surface area contributed by atoms with Crippen LogP contribution in [-0.4, -0.2) is 39.0 Å². The largest absolute Gasteiger partial charge is 0.508 e. The fourth-order valence-electron chi connectivity index (χ4n) is 3.11. The molecule has 0 fully saturated rings. The molecule has 0 spiro atoms. The molecule has 0 saturated carbocycles. The molecule has 3 N–H and O–H groups in total. The first kappa shape index (κ1) is 19.6. The molecule has 2 aromatic carbocycles. The number of hydrogen-bond acceptors (Lipinski definition) is 5. The lowest BCUT2D eigenvalue weighted by Gasteiger charge is -2.17. The standard InChI is InChI=1S/C21H20FNO5/c1-11-7-13(3-6-17(11)22)20-15-5-4-14(25)9-16(15)21(28-10-19(26)27)23-18(20)8-12(2)24/h3-7,9,12,24-25H,8,10H2,1-2H3,(H,26,27)/t12-/m0/s1. The normalized spacial score (nSPS) is 12.1. The average Bonchev–Trinajstić information content (AvgIpc) is 2.62. The van der Waals surface area contributed by atoms with Crippen molar-refractivity contribution in [2.75, 3.05) is 6.61 Å². The van der Waals surface area contributed by atoms with Gasteiger partial charge in [0.2, 0.25) is 5.88 Å². The molecule has 1 heterocycles. The molecule has 146 valence electrons. The minimum Gasteiger partial charge on any atom is -0.508 e. The fraction of sp³-hybridized carbons (Fsp3) is 0.238. The lowest BCUT2D eigenvalue weighted by molar-refractivity contribution is -0.139. The van der Waals surface area contributed by atoms with Crippen molar-refractivity contribution in [3.05, 3.63) is 53.5 Å². The topological polar surface area (TPSA) is 99.9 Å². The number of aromatic hydroxyl groups is 1. The lowest BCUT2D eigenvalue weighted by atomic mass is 9.94. The first-order valence-electron chi connectivity index (χ1n) is 8.71. The summed E-state index contributed by atoms with van der Waals surface area (Å²) in [7, 11) is 0. The van der Waals surface area contributed by atoms with Crippen LogP contribution >= 0.6 is 0 Å². The number of aromatic nitrogens is 1. The first-order valence-corrected chi connectivity index (χ1v) is 8.71. The highest BCUT2D eigenvalue weighted by Crippen LogP contribution is 2.38. The smallest absolute Gasteiger partial charge is 0.341 e. The Morgan fingerprint density at radius 2 is 1.96 bits per heavy atom. The zero-order chi connectivity index (χ0) is 20.4. The number of hydrogen-bond donors (Lipinski definition) is 3. The number of carbonyl (C=O) groups is 1. The van der Waals surface area contributed by atoms with E-state index in [1.54, 1.807) is 32.0 Å². The molecule has 0 radical (unpaired) electrons. The highest BCUT2D eigenvalue weighted by molar-refractivity contribution is 6.01. The Bertz CT molecular complexity index is 1050. The maximum Gasteiger partial charge on any atom is 0.341 e. The van der Waals surface area contributed by atoms with Gasteiger partial charge in [0, 0.05) is 17.4 Å². The Morgan fingerprint density at radius 3 is 2.61 bits per heavy atom. The van der Waals surface area contributed by atoms with Crippen molar-refractivity contribution >= 4 is 16.7 Å². The van der Waals surface area contributed by atoms with E-state index < -0.39 is 18.7 Å². The summed E-state index contributed by atoms with van der Waals surface area (Å²) in [6.45, 7) is 2.67. The number of benzene rings is 2. The number of phenolic OH excluding ortho intramolecular Hbond substituents is 1. The monoisotopic (exact) mass is 385 g/mol. The Kier molecular flexibility index (Phi) is 5.46. The van der Waals surface area contributed by atoms with Gasteiger partial charge in [-0.25, -0.2) is 14.2 Å². The predicted molar refractivity (Wildman–Crippen MR) is 102 cm³/mol. The summed E-state index contributed by atoms with van der Waals surface area (Å²) < 4.78 is 19.1. The summed E-state index contributed by atoms with van der Waals surface area (Å²) >= 11 is 0. The number of pyridine rings is 1. The van der Waals surface area contributed by atoms with Gasteiger partial charge < -0.3 is 20.1 Å². The Hall–Kier alpha value is -3.19. The quantitative estimate of drug-likeness (QED) is 0.601. The summed E-state index contributed by atoms with van der Waals surface area (Å²) in [6.07, 6.45) is -0.527. The van der Waals surface area contributed by atoms with Crippen LogP contribution in [0.2, 0.25) is 0 Å². The molecule has 28 heavy (non-hydrogen) atoms. The van der Waals surface area contributed by atoms with E-state index in [4.69, 9.17) is 9.84 Å². The SMILES string of the molecule is Cc1cc(-c2c(C[C@H](C)O)nc(OCC(=O)O)c3cc(O)ccc23)ccc1F. The summed E-state index contributed by atoms with van der Waals surface area (Å²) in [5.41, 5.74) is 2.31. The molecule has 3 rings (SSSR count). The molecule has 0 saturated heterocycles. The maximum atomic E-state index is 13.8. The van der Waals surface area contributed by atoms with Crippen LogP contribution in [0.25, 0.3) is 21.9 Å². The van der Waals surface area contributed by atoms with Gasteiger partial charge in [0.1, 0.15) is 11.6 Å². The van der Waals surface area contributed by atoms with Crippen LogP contribution in [0.3, 0.4) is 0 Å². The molecule has 0 aliphatic carbocycles. The van der Waals surface area contributed by atoms with Crippen LogP contribution in [0.5, 0.6) is 11.6 Å². The molecule has 3 aromatic rings. The van der Waals surface area contributed by atoms with Gasteiger partial charge in [0.25, 0.3) is 0 Å². The van der Waals surface area contributed by atoms with Crippen LogP contribution in [-0.2, 0) is 11.2 Å². The number of aryl methyl sites for hydroxylation is 1. The predicted octanol–water partition coefficient (Wildman–Crippen LogP) is 3.44. The Balaban J connectivity index is 2.32. The van der Waals surface area contributed by atoms with Crippen LogP contribution in [0.4, 0.5) is 4.39 Å². The number of aliphatic hydroxyl groups is 1. The van der Waals surface area contributed by atoms with E-state index in [-0.39, 0.29) is 23.9 Å². The molecule has 1 atom stereocenters. The summed E-state index contributed by atoms with van der Waals surface area (Å²) in [5, 5.41) is 29.8. The summed E-state index contributed by atoms with van der Waals surface area (Å²) in [4.78, 5) is 15.4. The van der Waals surface area contributed by atoms with E-state index in [1.165, 1.54) is 18.2 Å². The van der Waals surface area contributed by atoms with Crippen molar-refractivity contribution in [1.82, 2.24) is 4.98 Å². The van der Waals surface area contributed by atoms with Crippen LogP contribution < -0.4 is 4.74 Å². The van der Waals surface area contributed by atoms with Gasteiger partial charge in [-0.3, -0.25) is 0 Å². The fourth-order valence-corrected chi connectivity index (χ4v) is 3.11. The van der Waals surface area contributed by atoms with E-state index in [2.05, 4.69) is 4.98 Å². The maximum absolute atomic E-state index is 13.8. The zero-order valence-corrected chi connectivity index (χ0v) is 15.4. The molecule has 0 bridgehead atoms. The second kappa shape index (κ2) is 7.82. The number of phenols is 1. The number of fused-ring (bicyclic) bond motifs is 1. The van der Waals surface area contributed by atoms with E-state index in [0.717, 1.165) is 0 Å². The third-order valence-corrected chi connectivity index (χ3v) is 4.30. The van der Waals surface area contributed by atoms with Gasteiger partial charge in [-0.15, -0.1) is 0 Å². The van der Waals surface area contributed by atoms with Gasteiger partial charge in [-0.05, 0) is 60.7 Å². The number of aliphatic carboxylic acids is 1. The number of carboxylic acids is 1. The Morgan fingerprint density at radius 1 is 1.21 bits per heavy atom. The minimum absolute atomic E-state index is 0.0287. The summed E-state index contributed by atoms with van der Waals surface area (Å²) in [6, 6.07) is 9.26. The van der Waals surface area contributed by atoms with Gasteiger partial charge in [-0.2, -0.15) is 0 Å². The van der Waals surface area contributed by atoms with Crippen molar-refractivity contribution in [3.63, 3.8) is 0 Å². The van der Waals surface area contributed by atoms with Gasteiger partial charge >= 0.3 is 5.97 Å². The molecule has 0 aliphatic rings. The minimum atomic E-state index is -1.16. The van der Waals surface area contributed by atoms with E-state index in [9.17, 15) is 19.4 Å². The number of nitrogens with zero attached hydrogens (tertiary/aromatic N) is 1. The van der Waals surface area contributed by atoms with Crippen LogP contribution in [0.15, 0.2) is 36.4 Å². The number of rotatable bonds is 6. The van der Waals surface area contributed by atoms with Gasteiger partial charge in [-0.1, -0.05) is 6.07 Å². The number of ether oxygens (including phenoxy) is 1. The Labute approximate surface area is 160 Å². The van der Waals surface area contributed by atoms with Crippen molar-refractivity contribution in [2.45, 2.75) is 26.4 Å². The third-order valence-electron chi connectivity index (χ3n) is 4.30. The van der Waals surface area contributed by atoms with E-state index in [0.29, 0.717) is 33.2 Å². The molecule has 7 heteroatoms. The van der Waals surface area contributed by atoms with E-state index in [1.807, 2.05) is 0 Å². The molecule has 0 amide bonds. The zero-order valence-electron chi connectivity index (χ0n) is 15.4. The molecular weight excluding hydrogens is 365 g/mol. The van der Waals surface area contributed by atoms with E-state index >= 15 is 0 Å². The average molecular weight is 385 g/mol. The second-order valence-corrected chi connectivity index (χ2v) is 6.67. The van der Waals surface area contributed by atoms with Crippen molar-refractivity contribution in [3.8, 4) is 22.8 Å². The van der Waals surface area contributed by atoms with Gasteiger partial charge in [0.15, 0.2) is 6.61 Å². The van der Waals surface area contributed by atoms with Crippen molar-refractivity contribution in [2.24, 2.45) is 0 Å². The van der Waals surface area contributed by atoms with Crippen LogP contribution in [0.1, 0.15) is 18.2 Å². The number of aliphatic hydroxyl groups excluding tert-OH is 1. The number of halogens is 1. The number of carboxylic acid groups (broad SMARTS) is 1. The second-order valence-electron chi connectivity index (χ2n) is 6.67. The molecule has 6 nitrogen and oxygen atoms in total. The summed E-state index contributed by atoms with van der Waals surface area (Å²) in [5.74, 6) is -1.48. The first-order chi connectivity index (χ1) is 13.3. The lowest BCUT2D eigenvalue weighted by Crippen LogP contribution is -2.13. The van der Waals surface area contributed by atoms with Crippen molar-refractivity contribution < 1.29 is 29.2 Å². The molecular formula is C21H20FNO5. The third kappa shape index (κ3) is 4.04. The molecule has 0 unspecified atom stereocenters. The highest BCUT2D eigenvalue weighted by Gasteiger charge is 2.19. The van der Waals surface area contributed by atoms with Crippen molar-refractivity contribution in [1.29, 1.82) is 0 Å². The molecule has 0 aliphatic heterocycles. The van der Waals surface area contributed by atoms with Gasteiger partial charge in [0.05, 0.1) is 11.8 Å². The molecule has 1 aromatic heterocycles. The van der Waals surface area contributed by atoms with Crippen LogP contribution in [0, 0.1) is 12.7 Å².